The highest BCUT2D eigenvalue weighted by atomic mass is 19.4. The van der Waals surface area contributed by atoms with E-state index in [1.54, 1.807) is 5.32 Å². The molecule has 0 aliphatic heterocycles. The van der Waals surface area contributed by atoms with Gasteiger partial charge in [-0.3, -0.25) is 4.79 Å². The van der Waals surface area contributed by atoms with Crippen LogP contribution in [0.1, 0.15) is 0 Å². The Bertz CT molecular complexity index is 506. The number of alkyl halides is 3. The third-order valence-corrected chi connectivity index (χ3v) is 6.83. The number of hydrogen-bond donors (Lipinski definition) is 2. The molecule has 102 valence electrons. The average Bonchev–Trinajstić information content (AvgIpc) is 2.34. The van der Waals surface area contributed by atoms with Crippen LogP contribution in [0.25, 0.3) is 0 Å². The fraction of sp³-hybridized carbons (Fsp3) is 0.833. The highest BCUT2D eigenvalue weighted by Crippen LogP contribution is 3.06. The quantitative estimate of drug-likeness (QED) is 0.786. The Morgan fingerprint density at radius 2 is 1.53 bits per heavy atom. The van der Waals surface area contributed by atoms with Crippen molar-refractivity contribution < 1.29 is 27.9 Å². The molecule has 19 heavy (non-hydrogen) atoms. The Morgan fingerprint density at radius 1 is 1.05 bits per heavy atom. The minimum Gasteiger partial charge on any atom is -0.480 e. The summed E-state index contributed by atoms with van der Waals surface area (Å²) in [5, 5.41) is 10.9. The van der Waals surface area contributed by atoms with E-state index >= 15 is 0 Å². The predicted octanol–water partition coefficient (Wildman–Crippen LogP) is 0.486. The van der Waals surface area contributed by atoms with Crippen molar-refractivity contribution in [1.29, 1.82) is 0 Å². The molecule has 0 radical (unpaired) electrons. The third-order valence-electron chi connectivity index (χ3n) is 6.83. The van der Waals surface area contributed by atoms with Gasteiger partial charge in [-0.15, -0.1) is 0 Å². The van der Waals surface area contributed by atoms with E-state index < -0.39 is 29.5 Å². The maximum atomic E-state index is 12.3. The molecule has 4 nitrogen and oxygen atoms in total. The van der Waals surface area contributed by atoms with Crippen molar-refractivity contribution in [3.63, 3.8) is 0 Å². The summed E-state index contributed by atoms with van der Waals surface area (Å²) in [7, 11) is 0. The SMILES string of the molecule is O=C(O)[C@@H](NC(=O)C(F)(F)F)C12C3C4C5C3C1C5C42. The van der Waals surface area contributed by atoms with Gasteiger partial charge in [-0.25, -0.2) is 4.79 Å². The van der Waals surface area contributed by atoms with E-state index in [1.165, 1.54) is 0 Å². The number of aliphatic carboxylic acids is 1. The molecule has 6 fully saturated rings. The Balaban J connectivity index is 1.43. The second-order valence-corrected chi connectivity index (χ2v) is 6.63. The summed E-state index contributed by atoms with van der Waals surface area (Å²) >= 11 is 0. The van der Waals surface area contributed by atoms with Crippen LogP contribution in [-0.2, 0) is 9.59 Å². The third kappa shape index (κ3) is 0.686. The molecule has 7 heteroatoms. The number of halogens is 3. The van der Waals surface area contributed by atoms with E-state index in [2.05, 4.69) is 0 Å². The molecule has 0 saturated heterocycles. The average molecular weight is 273 g/mol. The van der Waals surface area contributed by atoms with Crippen LogP contribution in [-0.4, -0.2) is 29.2 Å². The van der Waals surface area contributed by atoms with Gasteiger partial charge >= 0.3 is 18.1 Å². The lowest BCUT2D eigenvalue weighted by atomic mass is 8.96. The van der Waals surface area contributed by atoms with Crippen LogP contribution in [0.4, 0.5) is 13.2 Å². The number of nitrogens with one attached hydrogen (secondary N) is 1. The minimum atomic E-state index is -5.02. The second-order valence-electron chi connectivity index (χ2n) is 6.63. The molecule has 0 aromatic carbocycles. The first-order valence-corrected chi connectivity index (χ1v) is 6.43. The molecule has 2 N–H and O–H groups in total. The summed E-state index contributed by atoms with van der Waals surface area (Å²) in [4.78, 5) is 22.3. The summed E-state index contributed by atoms with van der Waals surface area (Å²) in [6.45, 7) is 0. The molecule has 1 amide bonds. The van der Waals surface area contributed by atoms with E-state index in [4.69, 9.17) is 0 Å². The van der Waals surface area contributed by atoms with Gasteiger partial charge in [-0.05, 0) is 41.4 Å². The van der Waals surface area contributed by atoms with Gasteiger partial charge in [-0.1, -0.05) is 0 Å². The van der Waals surface area contributed by atoms with Gasteiger partial charge < -0.3 is 10.4 Å². The van der Waals surface area contributed by atoms with Gasteiger partial charge in [0.25, 0.3) is 0 Å². The Kier molecular flexibility index (Phi) is 1.31. The van der Waals surface area contributed by atoms with Crippen LogP contribution in [0.3, 0.4) is 0 Å². The van der Waals surface area contributed by atoms with Crippen molar-refractivity contribution in [2.45, 2.75) is 12.2 Å². The summed E-state index contributed by atoms with van der Waals surface area (Å²) in [6, 6.07) is -1.35. The number of carbonyl (C=O) groups is 2. The number of carboxylic acid groups (broad SMARTS) is 1. The fourth-order valence-corrected chi connectivity index (χ4v) is 6.71. The van der Waals surface area contributed by atoms with E-state index in [0.717, 1.165) is 5.92 Å². The summed E-state index contributed by atoms with van der Waals surface area (Å²) < 4.78 is 36.9. The lowest BCUT2D eigenvalue weighted by Gasteiger charge is -3.08. The summed E-state index contributed by atoms with van der Waals surface area (Å²) in [5.74, 6) is -0.221. The lowest BCUT2D eigenvalue weighted by Crippen LogP contribution is -3.08. The summed E-state index contributed by atoms with van der Waals surface area (Å²) in [5.41, 5.74) is -0.526. The second kappa shape index (κ2) is 2.38. The zero-order valence-electron chi connectivity index (χ0n) is 9.52. The molecular formula is C12H10F3NO3. The van der Waals surface area contributed by atoms with Crippen molar-refractivity contribution in [2.24, 2.45) is 46.8 Å². The molecule has 0 aromatic heterocycles. The molecule has 0 spiro atoms. The highest BCUT2D eigenvalue weighted by molar-refractivity contribution is 5.88. The number of hydrogen-bond acceptors (Lipinski definition) is 2. The lowest BCUT2D eigenvalue weighted by molar-refractivity contribution is -0.617. The van der Waals surface area contributed by atoms with Crippen LogP contribution >= 0.6 is 0 Å². The van der Waals surface area contributed by atoms with Crippen molar-refractivity contribution in [3.05, 3.63) is 0 Å². The van der Waals surface area contributed by atoms with Crippen molar-refractivity contribution in [3.8, 4) is 0 Å². The molecule has 6 aliphatic rings. The van der Waals surface area contributed by atoms with E-state index in [0.29, 0.717) is 17.8 Å². The topological polar surface area (TPSA) is 66.4 Å². The zero-order valence-corrected chi connectivity index (χ0v) is 9.52. The fourth-order valence-electron chi connectivity index (χ4n) is 6.71. The largest absolute Gasteiger partial charge is 0.480 e. The van der Waals surface area contributed by atoms with Crippen LogP contribution in [0.15, 0.2) is 0 Å². The van der Waals surface area contributed by atoms with Gasteiger partial charge in [0.15, 0.2) is 0 Å². The molecule has 6 saturated carbocycles. The molecule has 6 rings (SSSR count). The van der Waals surface area contributed by atoms with Crippen molar-refractivity contribution in [1.82, 2.24) is 5.32 Å². The molecule has 6 aliphatic carbocycles. The maximum Gasteiger partial charge on any atom is 0.471 e. The molecule has 0 unspecified atom stereocenters. The standard InChI is InChI=1S/C12H10F3NO3/c13-12(14,15)10(19)16-8(9(17)18)11-5-2-1-3(5)7(11)4(1)6(2)11/h1-8H,(H,16,19)(H,17,18)/t1?,2?,3?,4?,5?,6?,7?,8-,11?/m1/s1. The zero-order chi connectivity index (χ0) is 13.5. The first kappa shape index (κ1) is 10.5. The smallest absolute Gasteiger partial charge is 0.471 e. The number of rotatable bonds is 3. The Hall–Kier alpha value is -1.27. The highest BCUT2D eigenvalue weighted by Gasteiger charge is 3.05. The summed E-state index contributed by atoms with van der Waals surface area (Å²) in [6.07, 6.45) is -5.02. The number of carboxylic acids is 1. The maximum absolute atomic E-state index is 12.3. The van der Waals surface area contributed by atoms with Crippen LogP contribution < -0.4 is 5.32 Å². The van der Waals surface area contributed by atoms with E-state index in [-0.39, 0.29) is 17.8 Å². The van der Waals surface area contributed by atoms with Crippen molar-refractivity contribution in [2.75, 3.05) is 0 Å². The Labute approximate surface area is 105 Å². The van der Waals surface area contributed by atoms with Crippen LogP contribution in [0.2, 0.25) is 0 Å². The van der Waals surface area contributed by atoms with Crippen molar-refractivity contribution >= 4 is 11.9 Å². The first-order chi connectivity index (χ1) is 8.83. The van der Waals surface area contributed by atoms with Crippen LogP contribution in [0, 0.1) is 46.8 Å². The number of amides is 1. The van der Waals surface area contributed by atoms with Gasteiger partial charge in [0.2, 0.25) is 0 Å². The van der Waals surface area contributed by atoms with E-state index in [9.17, 15) is 27.9 Å². The molecule has 0 aromatic rings. The predicted molar refractivity (Wildman–Crippen MR) is 52.5 cm³/mol. The molecule has 0 heterocycles. The van der Waals surface area contributed by atoms with Gasteiger partial charge in [-0.2, -0.15) is 13.2 Å². The van der Waals surface area contributed by atoms with Crippen LogP contribution in [0.5, 0.6) is 0 Å². The van der Waals surface area contributed by atoms with Gasteiger partial charge in [0, 0.05) is 5.41 Å². The van der Waals surface area contributed by atoms with Gasteiger partial charge in [0.1, 0.15) is 6.04 Å². The monoisotopic (exact) mass is 273 g/mol. The molecule has 1 atom stereocenters. The van der Waals surface area contributed by atoms with Gasteiger partial charge in [0.05, 0.1) is 0 Å². The molecular weight excluding hydrogens is 263 g/mol. The normalized spacial score (nSPS) is 58.4. The van der Waals surface area contributed by atoms with E-state index in [1.807, 2.05) is 0 Å². The Morgan fingerprint density at radius 3 is 1.89 bits per heavy atom. The molecule has 0 bridgehead atoms. The first-order valence-electron chi connectivity index (χ1n) is 6.43. The number of carbonyl (C=O) groups excluding carboxylic acids is 1. The minimum absolute atomic E-state index is 0.270.